The zero-order chi connectivity index (χ0) is 13.0. The maximum Gasteiger partial charge on any atom is 0.101 e. The van der Waals surface area contributed by atoms with Crippen LogP contribution >= 0.6 is 23.4 Å². The first-order valence-corrected chi connectivity index (χ1v) is 6.97. The fourth-order valence-electron chi connectivity index (χ4n) is 1.62. The average molecular weight is 279 g/mol. The Bertz CT molecular complexity index is 511. The van der Waals surface area contributed by atoms with E-state index in [0.717, 1.165) is 21.4 Å². The summed E-state index contributed by atoms with van der Waals surface area (Å²) in [5.41, 5.74) is 6.92. The van der Waals surface area contributed by atoms with Crippen molar-refractivity contribution in [1.82, 2.24) is 4.98 Å². The summed E-state index contributed by atoms with van der Waals surface area (Å²) in [5, 5.41) is 1.71. The third kappa shape index (κ3) is 4.02. The van der Waals surface area contributed by atoms with Gasteiger partial charge in [-0.25, -0.2) is 4.98 Å². The Morgan fingerprint density at radius 2 is 2.17 bits per heavy atom. The summed E-state index contributed by atoms with van der Waals surface area (Å²) in [5.74, 6) is 0. The molecule has 0 saturated heterocycles. The third-order valence-electron chi connectivity index (χ3n) is 2.37. The minimum Gasteiger partial charge on any atom is -0.328 e. The predicted octanol–water partition coefficient (Wildman–Crippen LogP) is 3.78. The fraction of sp³-hybridized carbons (Fsp3) is 0.214. The predicted molar refractivity (Wildman–Crippen MR) is 77.2 cm³/mol. The number of hydrogen-bond donors (Lipinski definition) is 1. The van der Waals surface area contributed by atoms with Gasteiger partial charge in [-0.2, -0.15) is 0 Å². The molecule has 2 aromatic rings. The number of aromatic nitrogens is 1. The highest BCUT2D eigenvalue weighted by Gasteiger charge is 2.02. The molecule has 0 saturated carbocycles. The van der Waals surface area contributed by atoms with E-state index in [4.69, 9.17) is 17.3 Å². The largest absolute Gasteiger partial charge is 0.328 e. The maximum absolute atomic E-state index is 5.95. The van der Waals surface area contributed by atoms with Gasteiger partial charge in [0.15, 0.2) is 0 Å². The number of benzene rings is 1. The monoisotopic (exact) mass is 278 g/mol. The smallest absolute Gasteiger partial charge is 0.101 e. The van der Waals surface area contributed by atoms with Gasteiger partial charge in [0.1, 0.15) is 5.03 Å². The topological polar surface area (TPSA) is 38.9 Å². The Kier molecular flexibility index (Phi) is 4.64. The second-order valence-electron chi connectivity index (χ2n) is 4.25. The molecule has 1 aromatic heterocycles. The highest BCUT2D eigenvalue weighted by molar-refractivity contribution is 7.99. The molecular formula is C14H15ClN2S. The van der Waals surface area contributed by atoms with Gasteiger partial charge in [-0.15, -0.1) is 0 Å². The van der Waals surface area contributed by atoms with E-state index >= 15 is 0 Å². The molecule has 1 atom stereocenters. The van der Waals surface area contributed by atoms with Gasteiger partial charge in [-0.05, 0) is 43.2 Å². The molecule has 0 aliphatic rings. The van der Waals surface area contributed by atoms with Crippen LogP contribution in [0, 0.1) is 0 Å². The van der Waals surface area contributed by atoms with Crippen molar-refractivity contribution in [2.75, 3.05) is 0 Å². The molecule has 0 bridgehead atoms. The van der Waals surface area contributed by atoms with Crippen molar-refractivity contribution in [3.05, 3.63) is 53.2 Å². The van der Waals surface area contributed by atoms with Crippen LogP contribution in [0.2, 0.25) is 5.02 Å². The van der Waals surface area contributed by atoms with E-state index in [2.05, 4.69) is 11.1 Å². The highest BCUT2D eigenvalue weighted by atomic mass is 35.5. The Morgan fingerprint density at radius 3 is 2.78 bits per heavy atom. The van der Waals surface area contributed by atoms with Crippen LogP contribution in [0.15, 0.2) is 52.5 Å². The number of nitrogens with zero attached hydrogens (tertiary/aromatic N) is 1. The summed E-state index contributed by atoms with van der Waals surface area (Å²) in [7, 11) is 0. The highest BCUT2D eigenvalue weighted by Crippen LogP contribution is 2.27. The van der Waals surface area contributed by atoms with E-state index in [1.165, 1.54) is 5.56 Å². The van der Waals surface area contributed by atoms with Gasteiger partial charge in [0.25, 0.3) is 0 Å². The van der Waals surface area contributed by atoms with Crippen molar-refractivity contribution in [1.29, 1.82) is 0 Å². The summed E-state index contributed by atoms with van der Waals surface area (Å²) in [6, 6.07) is 12.0. The van der Waals surface area contributed by atoms with Crippen LogP contribution < -0.4 is 5.73 Å². The maximum atomic E-state index is 5.95. The Balaban J connectivity index is 2.06. The Morgan fingerprint density at radius 1 is 1.33 bits per heavy atom. The van der Waals surface area contributed by atoms with Gasteiger partial charge >= 0.3 is 0 Å². The fourth-order valence-corrected chi connectivity index (χ4v) is 2.69. The molecule has 2 rings (SSSR count). The molecule has 2 N–H and O–H groups in total. The molecule has 0 aliphatic heterocycles. The van der Waals surface area contributed by atoms with Crippen molar-refractivity contribution in [3.63, 3.8) is 0 Å². The van der Waals surface area contributed by atoms with E-state index < -0.39 is 0 Å². The number of rotatable bonds is 4. The summed E-state index contributed by atoms with van der Waals surface area (Å²) in [6.07, 6.45) is 2.74. The van der Waals surface area contributed by atoms with Crippen LogP contribution in [-0.2, 0) is 6.42 Å². The second kappa shape index (κ2) is 6.23. The van der Waals surface area contributed by atoms with Crippen LogP contribution in [0.25, 0.3) is 0 Å². The zero-order valence-electron chi connectivity index (χ0n) is 10.1. The lowest BCUT2D eigenvalue weighted by atomic mass is 10.1. The minimum absolute atomic E-state index is 0.165. The van der Waals surface area contributed by atoms with Gasteiger partial charge in [0, 0.05) is 22.2 Å². The van der Waals surface area contributed by atoms with Crippen LogP contribution in [-0.4, -0.2) is 11.0 Å². The van der Waals surface area contributed by atoms with E-state index in [0.29, 0.717) is 0 Å². The van der Waals surface area contributed by atoms with E-state index in [1.807, 2.05) is 43.5 Å². The van der Waals surface area contributed by atoms with Crippen LogP contribution in [0.4, 0.5) is 0 Å². The standard InChI is InChI=1S/C14H15ClN2S/c1-10(16)7-11-5-6-14(17-9-11)18-13-4-2-3-12(15)8-13/h2-6,8-10H,7,16H2,1H3. The molecule has 0 aliphatic carbocycles. The third-order valence-corrected chi connectivity index (χ3v) is 3.55. The SMILES string of the molecule is CC(N)Cc1ccc(Sc2cccc(Cl)c2)nc1. The number of hydrogen-bond acceptors (Lipinski definition) is 3. The molecule has 94 valence electrons. The Labute approximate surface area is 117 Å². The summed E-state index contributed by atoms with van der Waals surface area (Å²) >= 11 is 7.55. The van der Waals surface area contributed by atoms with E-state index in [1.54, 1.807) is 11.8 Å². The lowest BCUT2D eigenvalue weighted by Gasteiger charge is -2.06. The summed E-state index contributed by atoms with van der Waals surface area (Å²) in [6.45, 7) is 1.99. The van der Waals surface area contributed by atoms with Crippen molar-refractivity contribution in [2.24, 2.45) is 5.73 Å². The first kappa shape index (κ1) is 13.4. The minimum atomic E-state index is 0.165. The molecule has 18 heavy (non-hydrogen) atoms. The van der Waals surface area contributed by atoms with Crippen molar-refractivity contribution in [3.8, 4) is 0 Å². The van der Waals surface area contributed by atoms with Gasteiger partial charge in [-0.3, -0.25) is 0 Å². The van der Waals surface area contributed by atoms with Gasteiger partial charge in [0.05, 0.1) is 0 Å². The van der Waals surface area contributed by atoms with Gasteiger partial charge in [-0.1, -0.05) is 35.5 Å². The molecule has 0 spiro atoms. The molecular weight excluding hydrogens is 264 g/mol. The Hall–Kier alpha value is -1.03. The van der Waals surface area contributed by atoms with E-state index in [-0.39, 0.29) is 6.04 Å². The normalized spacial score (nSPS) is 12.4. The molecule has 0 amide bonds. The average Bonchev–Trinajstić information content (AvgIpc) is 2.31. The molecule has 1 aromatic carbocycles. The molecule has 4 heteroatoms. The van der Waals surface area contributed by atoms with Gasteiger partial charge < -0.3 is 5.73 Å². The van der Waals surface area contributed by atoms with Gasteiger partial charge in [0.2, 0.25) is 0 Å². The molecule has 1 unspecified atom stereocenters. The second-order valence-corrected chi connectivity index (χ2v) is 5.78. The van der Waals surface area contributed by atoms with Crippen molar-refractivity contribution >= 4 is 23.4 Å². The first-order chi connectivity index (χ1) is 8.63. The number of nitrogens with two attached hydrogens (primary N) is 1. The van der Waals surface area contributed by atoms with E-state index in [9.17, 15) is 0 Å². The lowest BCUT2D eigenvalue weighted by molar-refractivity contribution is 0.734. The van der Waals surface area contributed by atoms with Crippen LogP contribution in [0.3, 0.4) is 0 Å². The quantitative estimate of drug-likeness (QED) is 0.925. The van der Waals surface area contributed by atoms with Crippen molar-refractivity contribution < 1.29 is 0 Å². The number of halogens is 1. The zero-order valence-corrected chi connectivity index (χ0v) is 11.7. The molecule has 2 nitrogen and oxygen atoms in total. The van der Waals surface area contributed by atoms with Crippen LogP contribution in [0.1, 0.15) is 12.5 Å². The molecule has 0 fully saturated rings. The first-order valence-electron chi connectivity index (χ1n) is 5.77. The van der Waals surface area contributed by atoms with Crippen molar-refractivity contribution in [2.45, 2.75) is 29.3 Å². The summed E-state index contributed by atoms with van der Waals surface area (Å²) in [4.78, 5) is 5.51. The summed E-state index contributed by atoms with van der Waals surface area (Å²) < 4.78 is 0. The lowest BCUT2D eigenvalue weighted by Crippen LogP contribution is -2.17. The van der Waals surface area contributed by atoms with Crippen LogP contribution in [0.5, 0.6) is 0 Å². The molecule has 0 radical (unpaired) electrons. The molecule has 1 heterocycles. The number of pyridine rings is 1.